The minimum atomic E-state index is -1.01. The first-order valence-electron chi connectivity index (χ1n) is 26.1. The SMILES string of the molecule is C.C.CC(C)(C)OC(=O)CCN.CC(C)(C)OC(=O)CCNC(=O)CCN1C(=O)CCC1=O.CCCCBr.COC(=O)CCN1C(=O)CSC1=O.O=C(O)CCN1C(=O)CSC1=O.O=C(O)CCNC(=O)CCN1C(=O)CSC1=O.O=C1CSC(=O)N1. The summed E-state index contributed by atoms with van der Waals surface area (Å²) in [6.45, 7) is 13.8. The number of amides is 12. The van der Waals surface area contributed by atoms with Crippen molar-refractivity contribution >= 4 is 161 Å². The topological polar surface area (TPSA) is 433 Å². The number of thioether (sulfide) groups is 4. The van der Waals surface area contributed by atoms with Crippen LogP contribution in [0.25, 0.3) is 0 Å². The van der Waals surface area contributed by atoms with Crippen LogP contribution in [-0.4, -0.2) is 220 Å². The smallest absolute Gasteiger partial charge is 0.308 e. The van der Waals surface area contributed by atoms with Crippen molar-refractivity contribution in [1.29, 1.82) is 0 Å². The number of carboxylic acid groups (broad SMARTS) is 2. The molecule has 0 bridgehead atoms. The molecule has 12 amide bonds. The van der Waals surface area contributed by atoms with Crippen LogP contribution in [0.1, 0.15) is 134 Å². The van der Waals surface area contributed by atoms with Crippen molar-refractivity contribution in [3.8, 4) is 0 Å². The van der Waals surface area contributed by atoms with Crippen LogP contribution < -0.4 is 21.7 Å². The number of ether oxygens (including phenoxy) is 3. The zero-order chi connectivity index (χ0) is 65.5. The molecule has 87 heavy (non-hydrogen) atoms. The van der Waals surface area contributed by atoms with Gasteiger partial charge in [-0.05, 0) is 48.0 Å². The maximum Gasteiger partial charge on any atom is 0.308 e. The number of alkyl halides is 1. The number of esters is 3. The van der Waals surface area contributed by atoms with Crippen molar-refractivity contribution in [1.82, 2.24) is 35.6 Å². The molecule has 5 heterocycles. The monoisotopic (exact) mass is 1380 g/mol. The van der Waals surface area contributed by atoms with Crippen LogP contribution in [0.5, 0.6) is 0 Å². The highest BCUT2D eigenvalue weighted by atomic mass is 79.9. The van der Waals surface area contributed by atoms with Gasteiger partial charge in [0.1, 0.15) is 11.2 Å². The second kappa shape index (κ2) is 47.8. The third kappa shape index (κ3) is 44.9. The van der Waals surface area contributed by atoms with Crippen molar-refractivity contribution in [2.45, 2.75) is 145 Å². The van der Waals surface area contributed by atoms with E-state index in [1.165, 1.54) is 20.0 Å². The number of methoxy groups -OCH3 is 1. The van der Waals surface area contributed by atoms with E-state index in [0.29, 0.717) is 18.7 Å². The number of carboxylic acids is 2. The van der Waals surface area contributed by atoms with Crippen LogP contribution in [-0.2, 0) is 76.5 Å². The van der Waals surface area contributed by atoms with Crippen LogP contribution in [0.3, 0.4) is 0 Å². The van der Waals surface area contributed by atoms with Crippen LogP contribution in [0, 0.1) is 0 Å². The Hall–Kier alpha value is -6.17. The second-order valence-electron chi connectivity index (χ2n) is 19.2. The molecule has 0 radical (unpaired) electrons. The number of nitrogens with zero attached hydrogens (tertiary/aromatic N) is 4. The Balaban J connectivity index is -0.000000477. The molecule has 0 saturated carbocycles. The van der Waals surface area contributed by atoms with Crippen molar-refractivity contribution in [2.75, 3.05) is 81.3 Å². The molecule has 30 nitrogen and oxygen atoms in total. The predicted octanol–water partition coefficient (Wildman–Crippen LogP) is 4.54. The first-order valence-corrected chi connectivity index (χ1v) is 31.1. The Labute approximate surface area is 531 Å². The maximum absolute atomic E-state index is 11.6. The summed E-state index contributed by atoms with van der Waals surface area (Å²) in [6.07, 6.45) is 3.21. The van der Waals surface area contributed by atoms with Crippen molar-refractivity contribution in [3.05, 3.63) is 0 Å². The normalized spacial score (nSPS) is 14.9. The highest BCUT2D eigenvalue weighted by Gasteiger charge is 2.32. The molecule has 35 heteroatoms. The lowest BCUT2D eigenvalue weighted by Gasteiger charge is -2.19. The molecule has 496 valence electrons. The molecule has 5 aliphatic heterocycles. The van der Waals surface area contributed by atoms with Gasteiger partial charge in [-0.25, -0.2) is 0 Å². The number of likely N-dealkylation sites (tertiary alicyclic amines) is 1. The van der Waals surface area contributed by atoms with Gasteiger partial charge in [0.25, 0.3) is 21.0 Å². The number of halogens is 1. The Kier molecular flexibility index (Phi) is 48.0. The van der Waals surface area contributed by atoms with Gasteiger partial charge in [-0.15, -0.1) is 0 Å². The molecule has 7 N–H and O–H groups in total. The van der Waals surface area contributed by atoms with E-state index in [-0.39, 0.29) is 209 Å². The van der Waals surface area contributed by atoms with E-state index in [1.54, 1.807) is 20.8 Å². The summed E-state index contributed by atoms with van der Waals surface area (Å²) in [5.41, 5.74) is 4.22. The standard InChI is InChI=1S/C14H22N2O5.C9H12N2O5S.C7H9NO4S.C7H15NO2.C6H7NO4S.C4H9Br.C3H3NO2S.2CH4/c1-14(2,3)21-13(20)6-8-15-10(17)7-9-16-11(18)4-5-12(16)19;12-6(10-3-1-8(14)15)2-4-11-7(13)5-17-9(11)16;1-12-6(10)2-3-8-5(9)4-13-7(8)11;1-7(2,3)10-6(9)4-5-8;8-4-3-12-6(11)7(4)2-1-5(9)10;1-2-3-4-5;5-2-1-7-3(6)4-2;;/h4-9H2,1-3H3,(H,15,17);1-5H2,(H,10,12)(H,14,15);2-4H2,1H3;4-5,8H2,1-3H3;1-3H2,(H,9,10);2-4H2,1H3;1H2,(H,4,5,6);2*1H4. The van der Waals surface area contributed by atoms with Crippen molar-refractivity contribution in [2.24, 2.45) is 5.73 Å². The molecule has 0 atom stereocenters. The number of hydrogen-bond donors (Lipinski definition) is 6. The van der Waals surface area contributed by atoms with Gasteiger partial charge in [0, 0.05) is 76.8 Å². The minimum absolute atomic E-state index is 0. The fourth-order valence-corrected chi connectivity index (χ4v) is 9.08. The molecule has 5 rings (SSSR count). The maximum atomic E-state index is 11.6. The number of nitrogens with one attached hydrogen (secondary N) is 3. The summed E-state index contributed by atoms with van der Waals surface area (Å²) in [4.78, 5) is 189. The molecular formula is C52H85BrN8O22S4. The highest BCUT2D eigenvalue weighted by Crippen LogP contribution is 2.21. The lowest BCUT2D eigenvalue weighted by molar-refractivity contribution is -0.155. The number of carbonyl (C=O) groups excluding carboxylic acids is 15. The van der Waals surface area contributed by atoms with Gasteiger partial charge in [0.05, 0.1) is 62.2 Å². The van der Waals surface area contributed by atoms with E-state index in [0.717, 1.165) is 72.0 Å². The van der Waals surface area contributed by atoms with Crippen LogP contribution in [0.15, 0.2) is 0 Å². The zero-order valence-corrected chi connectivity index (χ0v) is 53.6. The van der Waals surface area contributed by atoms with Gasteiger partial charge in [0.15, 0.2) is 0 Å². The lowest BCUT2D eigenvalue weighted by Crippen LogP contribution is -2.35. The average Bonchev–Trinajstić information content (AvgIpc) is 4.45. The molecule has 0 aromatic rings. The van der Waals surface area contributed by atoms with E-state index in [2.05, 4.69) is 43.5 Å². The van der Waals surface area contributed by atoms with Gasteiger partial charge < -0.3 is 40.8 Å². The Bertz CT molecular complexity index is 2290. The predicted molar refractivity (Wildman–Crippen MR) is 329 cm³/mol. The summed E-state index contributed by atoms with van der Waals surface area (Å²) >= 11 is 7.10. The molecule has 0 aromatic heterocycles. The number of rotatable bonds is 22. The minimum Gasteiger partial charge on any atom is -0.481 e. The van der Waals surface area contributed by atoms with Gasteiger partial charge in [-0.3, -0.25) is 106 Å². The van der Waals surface area contributed by atoms with Gasteiger partial charge in [0.2, 0.25) is 47.3 Å². The van der Waals surface area contributed by atoms with Crippen LogP contribution >= 0.6 is 63.0 Å². The van der Waals surface area contributed by atoms with Gasteiger partial charge >= 0.3 is 29.8 Å². The fourth-order valence-electron chi connectivity index (χ4n) is 5.75. The molecule has 5 saturated heterocycles. The molecule has 0 unspecified atom stereocenters. The quantitative estimate of drug-likeness (QED) is 0.0375. The fraction of sp³-hybridized carbons (Fsp3) is 0.673. The van der Waals surface area contributed by atoms with Crippen molar-refractivity contribution in [3.63, 3.8) is 0 Å². The molecule has 5 fully saturated rings. The number of imide groups is 5. The summed E-state index contributed by atoms with van der Waals surface area (Å²) in [6, 6.07) is 0. The summed E-state index contributed by atoms with van der Waals surface area (Å²) in [5.74, 6) is -4.45. The molecule has 0 spiro atoms. The summed E-state index contributed by atoms with van der Waals surface area (Å²) in [7, 11) is 1.27. The Morgan fingerprint density at radius 1 is 0.540 bits per heavy atom. The highest BCUT2D eigenvalue weighted by molar-refractivity contribution is 9.09. The number of hydrogen-bond acceptors (Lipinski definition) is 25. The van der Waals surface area contributed by atoms with E-state index >= 15 is 0 Å². The molecule has 5 aliphatic rings. The number of aliphatic carboxylic acids is 2. The first kappa shape index (κ1) is 87.3. The number of unbranched alkanes of at least 4 members (excludes halogenated alkanes) is 1. The van der Waals surface area contributed by atoms with Gasteiger partial charge in [-0.2, -0.15) is 0 Å². The van der Waals surface area contributed by atoms with E-state index < -0.39 is 23.5 Å². The van der Waals surface area contributed by atoms with Gasteiger partial charge in [-0.1, -0.05) is 91.2 Å². The van der Waals surface area contributed by atoms with E-state index in [1.807, 2.05) is 20.8 Å². The van der Waals surface area contributed by atoms with Crippen LogP contribution in [0.2, 0.25) is 0 Å². The third-order valence-corrected chi connectivity index (χ3v) is 13.6. The molecular weight excluding hydrogens is 1300 g/mol. The second-order valence-corrected chi connectivity index (χ2v) is 23.7. The number of carbonyl (C=O) groups is 17. The van der Waals surface area contributed by atoms with E-state index in [9.17, 15) is 81.5 Å². The number of nitrogens with two attached hydrogens (primary N) is 1. The summed E-state index contributed by atoms with van der Waals surface area (Å²) < 4.78 is 14.4. The largest absolute Gasteiger partial charge is 0.481 e. The van der Waals surface area contributed by atoms with E-state index in [4.69, 9.17) is 25.4 Å². The Morgan fingerprint density at radius 2 is 0.920 bits per heavy atom. The Morgan fingerprint density at radius 3 is 1.21 bits per heavy atom. The zero-order valence-electron chi connectivity index (χ0n) is 48.7. The van der Waals surface area contributed by atoms with Crippen molar-refractivity contribution < 1.29 is 106 Å². The average molecular weight is 1380 g/mol. The third-order valence-electron chi connectivity index (χ3n) is 9.68. The lowest BCUT2D eigenvalue weighted by atomic mass is 10.2. The first-order chi connectivity index (χ1) is 39.6. The van der Waals surface area contributed by atoms with Crippen LogP contribution in [0.4, 0.5) is 19.2 Å². The molecule has 0 aromatic carbocycles. The molecule has 0 aliphatic carbocycles. The summed E-state index contributed by atoms with van der Waals surface area (Å²) in [5, 5.41) is 23.7.